The fraction of sp³-hybridized carbons (Fsp3) is 0.789. The van der Waals surface area contributed by atoms with Gasteiger partial charge in [0.2, 0.25) is 10.0 Å². The Hall–Kier alpha value is -1.65. The van der Waals surface area contributed by atoms with E-state index in [1.165, 1.54) is 36.3 Å². The lowest BCUT2D eigenvalue weighted by atomic mass is 10.1. The van der Waals surface area contributed by atoms with Crippen LogP contribution < -0.4 is 5.32 Å². The molecule has 0 spiro atoms. The van der Waals surface area contributed by atoms with Crippen LogP contribution in [0.5, 0.6) is 0 Å². The Morgan fingerprint density at radius 2 is 1.86 bits per heavy atom. The molecule has 2 heterocycles. The fourth-order valence-corrected chi connectivity index (χ4v) is 4.81. The van der Waals surface area contributed by atoms with E-state index in [1.807, 2.05) is 0 Å². The van der Waals surface area contributed by atoms with Crippen LogP contribution >= 0.6 is 0 Å². The molecule has 10 heteroatoms. The van der Waals surface area contributed by atoms with Gasteiger partial charge in [-0.05, 0) is 33.5 Å². The van der Waals surface area contributed by atoms with Gasteiger partial charge in [0.1, 0.15) is 12.0 Å². The molecule has 1 aromatic rings. The highest BCUT2D eigenvalue weighted by molar-refractivity contribution is 7.88. The van der Waals surface area contributed by atoms with Crippen LogP contribution in [0, 0.1) is 0 Å². The van der Waals surface area contributed by atoms with Gasteiger partial charge < -0.3 is 19.6 Å². The molecule has 1 aliphatic rings. The molecule has 1 aromatic heterocycles. The van der Waals surface area contributed by atoms with E-state index in [4.69, 9.17) is 4.52 Å². The number of nitrogens with one attached hydrogen (secondary N) is 1. The number of hydrogen-bond acceptors (Lipinski definition) is 6. The number of aromatic nitrogens is 1. The van der Waals surface area contributed by atoms with Crippen LogP contribution in [-0.2, 0) is 15.8 Å². The molecule has 1 saturated heterocycles. The maximum absolute atomic E-state index is 12.5. The van der Waals surface area contributed by atoms with Crippen molar-refractivity contribution in [2.24, 2.45) is 4.99 Å². The number of hydrogen-bond donors (Lipinski definition) is 1. The van der Waals surface area contributed by atoms with E-state index in [0.717, 1.165) is 25.5 Å². The number of piperazine rings is 1. The molecule has 0 atom stereocenters. The Morgan fingerprint density at radius 1 is 1.17 bits per heavy atom. The predicted molar refractivity (Wildman–Crippen MR) is 115 cm³/mol. The predicted octanol–water partition coefficient (Wildman–Crippen LogP) is 1.21. The summed E-state index contributed by atoms with van der Waals surface area (Å²) in [7, 11) is 2.62. The molecule has 0 aromatic carbocycles. The van der Waals surface area contributed by atoms with E-state index < -0.39 is 10.0 Å². The van der Waals surface area contributed by atoms with Gasteiger partial charge in [0.25, 0.3) is 0 Å². The molecule has 0 aliphatic carbocycles. The zero-order valence-electron chi connectivity index (χ0n) is 18.0. The number of aliphatic imine (C=N–C) groups is 1. The lowest BCUT2D eigenvalue weighted by Gasteiger charge is -2.35. The van der Waals surface area contributed by atoms with Crippen molar-refractivity contribution in [1.82, 2.24) is 24.6 Å². The van der Waals surface area contributed by atoms with Gasteiger partial charge in [-0.25, -0.2) is 8.42 Å². The van der Waals surface area contributed by atoms with Gasteiger partial charge in [-0.2, -0.15) is 4.31 Å². The minimum atomic E-state index is -3.38. The molecule has 0 saturated carbocycles. The number of sulfonamides is 1. The molecular formula is C19H36N6O3S. The minimum Gasteiger partial charge on any atom is -0.364 e. The van der Waals surface area contributed by atoms with E-state index in [9.17, 15) is 8.42 Å². The van der Waals surface area contributed by atoms with E-state index in [0.29, 0.717) is 31.9 Å². The van der Waals surface area contributed by atoms with Crippen LogP contribution in [0.1, 0.15) is 37.8 Å². The van der Waals surface area contributed by atoms with Crippen molar-refractivity contribution in [2.45, 2.75) is 37.9 Å². The SMILES string of the molecule is CN=C(NCCCCCCCN(C)C)N1CCN(S(=O)(=O)Cc2ccon2)CC1. The van der Waals surface area contributed by atoms with Gasteiger partial charge in [-0.15, -0.1) is 0 Å². The Morgan fingerprint density at radius 3 is 2.48 bits per heavy atom. The second kappa shape index (κ2) is 12.1. The molecular weight excluding hydrogens is 392 g/mol. The number of nitrogens with zero attached hydrogens (tertiary/aromatic N) is 5. The maximum atomic E-state index is 12.5. The van der Waals surface area contributed by atoms with Crippen molar-refractivity contribution in [3.63, 3.8) is 0 Å². The Balaban J connectivity index is 1.65. The summed E-state index contributed by atoms with van der Waals surface area (Å²) in [5.41, 5.74) is 0.437. The number of guanidine groups is 1. The van der Waals surface area contributed by atoms with Gasteiger partial charge in [0.15, 0.2) is 5.96 Å². The van der Waals surface area contributed by atoms with Gasteiger partial charge in [0.05, 0.1) is 5.69 Å². The second-order valence-corrected chi connectivity index (χ2v) is 9.65. The Kier molecular flexibility index (Phi) is 9.89. The third-order valence-electron chi connectivity index (χ3n) is 5.03. The molecule has 29 heavy (non-hydrogen) atoms. The molecule has 0 radical (unpaired) electrons. The number of unbranched alkanes of at least 4 members (excludes halogenated alkanes) is 4. The zero-order valence-corrected chi connectivity index (χ0v) is 18.8. The highest BCUT2D eigenvalue weighted by Crippen LogP contribution is 2.13. The fourth-order valence-electron chi connectivity index (χ4n) is 3.38. The van der Waals surface area contributed by atoms with E-state index >= 15 is 0 Å². The van der Waals surface area contributed by atoms with Crippen molar-refractivity contribution in [2.75, 3.05) is 60.4 Å². The molecule has 0 bridgehead atoms. The second-order valence-electron chi connectivity index (χ2n) is 7.68. The molecule has 1 fully saturated rings. The highest BCUT2D eigenvalue weighted by Gasteiger charge is 2.28. The van der Waals surface area contributed by atoms with Gasteiger partial charge in [0, 0.05) is 45.8 Å². The molecule has 1 aliphatic heterocycles. The first kappa shape index (κ1) is 23.6. The third-order valence-corrected chi connectivity index (χ3v) is 6.84. The average molecular weight is 429 g/mol. The van der Waals surface area contributed by atoms with Crippen LogP contribution in [0.3, 0.4) is 0 Å². The number of rotatable bonds is 11. The van der Waals surface area contributed by atoms with Gasteiger partial charge >= 0.3 is 0 Å². The van der Waals surface area contributed by atoms with Gasteiger partial charge in [-0.1, -0.05) is 24.4 Å². The van der Waals surface area contributed by atoms with Crippen LogP contribution in [0.15, 0.2) is 21.8 Å². The molecule has 0 amide bonds. The summed E-state index contributed by atoms with van der Waals surface area (Å²) in [4.78, 5) is 8.71. The summed E-state index contributed by atoms with van der Waals surface area (Å²) in [5, 5.41) is 7.12. The summed E-state index contributed by atoms with van der Waals surface area (Å²) in [6.45, 7) is 4.21. The van der Waals surface area contributed by atoms with E-state index in [1.54, 1.807) is 13.1 Å². The van der Waals surface area contributed by atoms with Gasteiger partial charge in [-0.3, -0.25) is 4.99 Å². The normalized spacial score (nSPS) is 16.6. The van der Waals surface area contributed by atoms with Crippen molar-refractivity contribution < 1.29 is 12.9 Å². The molecule has 1 N–H and O–H groups in total. The van der Waals surface area contributed by atoms with E-state index in [-0.39, 0.29) is 5.75 Å². The quantitative estimate of drug-likeness (QED) is 0.322. The lowest BCUT2D eigenvalue weighted by molar-refractivity contribution is 0.259. The first-order valence-electron chi connectivity index (χ1n) is 10.4. The lowest BCUT2D eigenvalue weighted by Crippen LogP contribution is -2.54. The first-order chi connectivity index (χ1) is 13.9. The average Bonchev–Trinajstić information content (AvgIpc) is 3.19. The van der Waals surface area contributed by atoms with Crippen molar-refractivity contribution in [3.05, 3.63) is 18.0 Å². The molecule has 9 nitrogen and oxygen atoms in total. The highest BCUT2D eigenvalue weighted by atomic mass is 32.2. The van der Waals surface area contributed by atoms with Crippen LogP contribution in [0.2, 0.25) is 0 Å². The van der Waals surface area contributed by atoms with E-state index in [2.05, 4.69) is 39.4 Å². The summed E-state index contributed by atoms with van der Waals surface area (Å²) in [5.74, 6) is 0.733. The largest absolute Gasteiger partial charge is 0.364 e. The van der Waals surface area contributed by atoms with Crippen LogP contribution in [0.25, 0.3) is 0 Å². The Bertz CT molecular complexity index is 698. The summed E-state index contributed by atoms with van der Waals surface area (Å²) < 4.78 is 31.3. The molecule has 166 valence electrons. The maximum Gasteiger partial charge on any atom is 0.220 e. The molecule has 0 unspecified atom stereocenters. The topological polar surface area (TPSA) is 94.3 Å². The Labute approximate surface area is 175 Å². The monoisotopic (exact) mass is 428 g/mol. The smallest absolute Gasteiger partial charge is 0.220 e. The minimum absolute atomic E-state index is 0.120. The third kappa shape index (κ3) is 8.31. The van der Waals surface area contributed by atoms with Crippen LogP contribution in [-0.4, -0.2) is 94.1 Å². The summed E-state index contributed by atoms with van der Waals surface area (Å²) >= 11 is 0. The standard InChI is InChI=1S/C19H36N6O3S/c1-20-19(21-10-7-5-4-6-8-11-23(2)3)24-12-14-25(15-13-24)29(26,27)17-18-9-16-28-22-18/h9,16H,4-8,10-15,17H2,1-3H3,(H,20,21). The van der Waals surface area contributed by atoms with Crippen molar-refractivity contribution in [3.8, 4) is 0 Å². The van der Waals surface area contributed by atoms with Crippen LogP contribution in [0.4, 0.5) is 0 Å². The first-order valence-corrected chi connectivity index (χ1v) is 12.0. The zero-order chi connectivity index (χ0) is 21.1. The molecule has 2 rings (SSSR count). The van der Waals surface area contributed by atoms with Crippen molar-refractivity contribution in [1.29, 1.82) is 0 Å². The summed E-state index contributed by atoms with van der Waals surface area (Å²) in [6, 6.07) is 1.59. The van der Waals surface area contributed by atoms with Crippen molar-refractivity contribution >= 4 is 16.0 Å². The summed E-state index contributed by atoms with van der Waals surface area (Å²) in [6.07, 6.45) is 7.51.